The van der Waals surface area contributed by atoms with Crippen LogP contribution >= 0.6 is 0 Å². The summed E-state index contributed by atoms with van der Waals surface area (Å²) in [6.45, 7) is 0.838. The first-order chi connectivity index (χ1) is 5.11. The molecule has 1 heterocycles. The molecule has 1 aliphatic heterocycles. The van der Waals surface area contributed by atoms with Gasteiger partial charge in [-0.1, -0.05) is 0 Å². The van der Waals surface area contributed by atoms with Gasteiger partial charge >= 0.3 is 0 Å². The largest absolute Gasteiger partial charge is 0.346 e. The average Bonchev–Trinajstić information content (AvgIpc) is 2.34. The standard InChI is InChI=1S/C7H14N2O2/c1-8(2)7(10)6-4-5-9(3)11-6/h6H,4-5H2,1-3H3. The maximum Gasteiger partial charge on any atom is 0.253 e. The van der Waals surface area contributed by atoms with E-state index in [1.165, 1.54) is 0 Å². The lowest BCUT2D eigenvalue weighted by atomic mass is 10.2. The van der Waals surface area contributed by atoms with Gasteiger partial charge in [0.25, 0.3) is 5.91 Å². The lowest BCUT2D eigenvalue weighted by Crippen LogP contribution is -2.33. The Labute approximate surface area is 66.7 Å². The number of hydrogen-bond donors (Lipinski definition) is 0. The predicted octanol–water partition coefficient (Wildman–Crippen LogP) is -0.290. The molecule has 1 fully saturated rings. The first-order valence-corrected chi connectivity index (χ1v) is 3.70. The molecule has 1 saturated heterocycles. The molecule has 1 unspecified atom stereocenters. The Hall–Kier alpha value is -0.610. The molecule has 0 bridgehead atoms. The summed E-state index contributed by atoms with van der Waals surface area (Å²) >= 11 is 0. The molecule has 0 aliphatic carbocycles. The number of amides is 1. The average molecular weight is 158 g/mol. The van der Waals surface area contributed by atoms with Crippen LogP contribution in [0.5, 0.6) is 0 Å². The molecule has 0 aromatic heterocycles. The summed E-state index contributed by atoms with van der Waals surface area (Å²) in [6, 6.07) is 0. The van der Waals surface area contributed by atoms with Gasteiger partial charge in [0.05, 0.1) is 0 Å². The number of carbonyl (C=O) groups is 1. The van der Waals surface area contributed by atoms with Crippen LogP contribution in [0.4, 0.5) is 0 Å². The molecule has 0 aromatic rings. The minimum absolute atomic E-state index is 0.0503. The van der Waals surface area contributed by atoms with Crippen molar-refractivity contribution in [3.05, 3.63) is 0 Å². The lowest BCUT2D eigenvalue weighted by Gasteiger charge is -2.15. The summed E-state index contributed by atoms with van der Waals surface area (Å²) in [4.78, 5) is 18.1. The smallest absolute Gasteiger partial charge is 0.253 e. The van der Waals surface area contributed by atoms with E-state index in [-0.39, 0.29) is 12.0 Å². The topological polar surface area (TPSA) is 32.8 Å². The third-order valence-corrected chi connectivity index (χ3v) is 1.73. The second kappa shape index (κ2) is 3.19. The van der Waals surface area contributed by atoms with Crippen LogP contribution < -0.4 is 0 Å². The molecule has 0 aromatic carbocycles. The first-order valence-electron chi connectivity index (χ1n) is 3.70. The molecule has 4 heteroatoms. The van der Waals surface area contributed by atoms with E-state index in [0.717, 1.165) is 13.0 Å². The minimum atomic E-state index is -0.255. The molecule has 4 nitrogen and oxygen atoms in total. The predicted molar refractivity (Wildman–Crippen MR) is 40.8 cm³/mol. The fraction of sp³-hybridized carbons (Fsp3) is 0.857. The summed E-state index contributed by atoms with van der Waals surface area (Å²) in [5.74, 6) is 0.0503. The number of nitrogens with zero attached hydrogens (tertiary/aromatic N) is 2. The van der Waals surface area contributed by atoms with Crippen molar-refractivity contribution >= 4 is 5.91 Å². The third kappa shape index (κ3) is 1.91. The summed E-state index contributed by atoms with van der Waals surface area (Å²) in [7, 11) is 5.32. The van der Waals surface area contributed by atoms with Crippen LogP contribution in [-0.2, 0) is 9.63 Å². The zero-order valence-corrected chi connectivity index (χ0v) is 7.20. The van der Waals surface area contributed by atoms with Crippen molar-refractivity contribution in [2.45, 2.75) is 12.5 Å². The molecule has 64 valence electrons. The van der Waals surface area contributed by atoms with Crippen molar-refractivity contribution < 1.29 is 9.63 Å². The van der Waals surface area contributed by atoms with Gasteiger partial charge in [-0.3, -0.25) is 9.63 Å². The maximum absolute atomic E-state index is 11.3. The van der Waals surface area contributed by atoms with E-state index in [0.29, 0.717) is 0 Å². The minimum Gasteiger partial charge on any atom is -0.346 e. The van der Waals surface area contributed by atoms with Crippen LogP contribution in [0.3, 0.4) is 0 Å². The quantitative estimate of drug-likeness (QED) is 0.525. The second-order valence-electron chi connectivity index (χ2n) is 2.97. The van der Waals surface area contributed by atoms with Crippen LogP contribution in [0.2, 0.25) is 0 Å². The van der Waals surface area contributed by atoms with Crippen LogP contribution in [0.1, 0.15) is 6.42 Å². The zero-order chi connectivity index (χ0) is 8.43. The van der Waals surface area contributed by atoms with Gasteiger partial charge in [0, 0.05) is 27.7 Å². The van der Waals surface area contributed by atoms with E-state index in [9.17, 15) is 4.79 Å². The molecule has 0 radical (unpaired) electrons. The van der Waals surface area contributed by atoms with Gasteiger partial charge < -0.3 is 4.90 Å². The van der Waals surface area contributed by atoms with Crippen LogP contribution in [0.15, 0.2) is 0 Å². The van der Waals surface area contributed by atoms with Crippen molar-refractivity contribution in [3.8, 4) is 0 Å². The highest BCUT2D eigenvalue weighted by atomic mass is 16.7. The fourth-order valence-corrected chi connectivity index (χ4v) is 1.08. The van der Waals surface area contributed by atoms with Crippen LogP contribution in [-0.4, -0.2) is 49.7 Å². The summed E-state index contributed by atoms with van der Waals surface area (Å²) in [5.41, 5.74) is 0. The van der Waals surface area contributed by atoms with Gasteiger partial charge in [-0.15, -0.1) is 0 Å². The Morgan fingerprint density at radius 3 is 2.64 bits per heavy atom. The van der Waals surface area contributed by atoms with E-state index in [2.05, 4.69) is 0 Å². The summed E-state index contributed by atoms with van der Waals surface area (Å²) < 4.78 is 0. The van der Waals surface area contributed by atoms with Crippen molar-refractivity contribution in [1.82, 2.24) is 9.96 Å². The van der Waals surface area contributed by atoms with E-state index in [4.69, 9.17) is 4.84 Å². The summed E-state index contributed by atoms with van der Waals surface area (Å²) in [5, 5.41) is 1.70. The SMILES string of the molecule is CN1CCC(C(=O)N(C)C)O1. The molecular weight excluding hydrogens is 144 g/mol. The molecule has 1 rings (SSSR count). The van der Waals surface area contributed by atoms with E-state index >= 15 is 0 Å². The van der Waals surface area contributed by atoms with Crippen molar-refractivity contribution in [3.63, 3.8) is 0 Å². The van der Waals surface area contributed by atoms with Crippen molar-refractivity contribution in [2.24, 2.45) is 0 Å². The van der Waals surface area contributed by atoms with Gasteiger partial charge in [-0.05, 0) is 6.42 Å². The Bertz CT molecular complexity index is 159. The van der Waals surface area contributed by atoms with Crippen LogP contribution in [0.25, 0.3) is 0 Å². The van der Waals surface area contributed by atoms with Gasteiger partial charge in [0.2, 0.25) is 0 Å². The highest BCUT2D eigenvalue weighted by Crippen LogP contribution is 2.12. The number of carbonyl (C=O) groups excluding carboxylic acids is 1. The Morgan fingerprint density at radius 2 is 2.27 bits per heavy atom. The zero-order valence-electron chi connectivity index (χ0n) is 7.20. The van der Waals surface area contributed by atoms with Gasteiger partial charge in [-0.2, -0.15) is 5.06 Å². The maximum atomic E-state index is 11.3. The number of rotatable bonds is 1. The molecule has 1 atom stereocenters. The van der Waals surface area contributed by atoms with Gasteiger partial charge in [0.15, 0.2) is 6.10 Å². The molecule has 1 aliphatic rings. The Balaban J connectivity index is 2.43. The van der Waals surface area contributed by atoms with E-state index < -0.39 is 0 Å². The molecule has 0 N–H and O–H groups in total. The molecule has 0 saturated carbocycles. The van der Waals surface area contributed by atoms with Gasteiger partial charge in [0.1, 0.15) is 0 Å². The lowest BCUT2D eigenvalue weighted by molar-refractivity contribution is -0.163. The Kier molecular flexibility index (Phi) is 2.46. The van der Waals surface area contributed by atoms with Crippen molar-refractivity contribution in [1.29, 1.82) is 0 Å². The highest BCUT2D eigenvalue weighted by Gasteiger charge is 2.28. The van der Waals surface area contributed by atoms with Crippen LogP contribution in [0, 0.1) is 0 Å². The first kappa shape index (κ1) is 8.49. The number of hydroxylamine groups is 2. The monoisotopic (exact) mass is 158 g/mol. The van der Waals surface area contributed by atoms with E-state index in [1.807, 2.05) is 7.05 Å². The normalized spacial score (nSPS) is 25.5. The van der Waals surface area contributed by atoms with E-state index in [1.54, 1.807) is 24.1 Å². The highest BCUT2D eigenvalue weighted by molar-refractivity contribution is 5.80. The Morgan fingerprint density at radius 1 is 1.64 bits per heavy atom. The number of hydrogen-bond acceptors (Lipinski definition) is 3. The van der Waals surface area contributed by atoms with Crippen molar-refractivity contribution in [2.75, 3.05) is 27.7 Å². The third-order valence-electron chi connectivity index (χ3n) is 1.73. The molecular formula is C7H14N2O2. The summed E-state index contributed by atoms with van der Waals surface area (Å²) in [6.07, 6.45) is 0.544. The molecule has 1 amide bonds. The fourth-order valence-electron chi connectivity index (χ4n) is 1.08. The second-order valence-corrected chi connectivity index (χ2v) is 2.97. The molecule has 11 heavy (non-hydrogen) atoms. The van der Waals surface area contributed by atoms with Gasteiger partial charge in [-0.25, -0.2) is 0 Å². The number of likely N-dealkylation sites (N-methyl/N-ethyl adjacent to an activating group) is 1. The molecule has 0 spiro atoms.